The Bertz CT molecular complexity index is 450. The molecule has 1 aromatic heterocycles. The van der Waals surface area contributed by atoms with E-state index in [9.17, 15) is 0 Å². The predicted molar refractivity (Wildman–Crippen MR) is 72.4 cm³/mol. The SMILES string of the molecule is CC1(C)OB(c2cnn([C@H]3CCOC3)c2)OC1(C)C. The quantitative estimate of drug-likeness (QED) is 0.751. The van der Waals surface area contributed by atoms with Gasteiger partial charge in [-0.3, -0.25) is 4.68 Å². The van der Waals surface area contributed by atoms with Crippen LogP contribution in [-0.4, -0.2) is 41.3 Å². The molecule has 1 aromatic rings. The largest absolute Gasteiger partial charge is 0.498 e. The van der Waals surface area contributed by atoms with Gasteiger partial charge < -0.3 is 14.0 Å². The van der Waals surface area contributed by atoms with Crippen LogP contribution in [0.15, 0.2) is 12.4 Å². The zero-order valence-corrected chi connectivity index (χ0v) is 12.0. The third-order valence-corrected chi connectivity index (χ3v) is 4.43. The smallest absolute Gasteiger partial charge is 0.399 e. The molecule has 5 nitrogen and oxygen atoms in total. The zero-order chi connectivity index (χ0) is 13.7. The van der Waals surface area contributed by atoms with Crippen molar-refractivity contribution in [1.29, 1.82) is 0 Å². The Morgan fingerprint density at radius 3 is 2.53 bits per heavy atom. The lowest BCUT2D eigenvalue weighted by molar-refractivity contribution is 0.00578. The predicted octanol–water partition coefficient (Wildman–Crippen LogP) is 1.14. The standard InChI is InChI=1S/C13H21BN2O3/c1-12(2)13(3,4)19-14(18-12)10-7-15-16(8-10)11-5-6-17-9-11/h7-8,11H,5-6,9H2,1-4H3/t11-/m0/s1. The summed E-state index contributed by atoms with van der Waals surface area (Å²) in [4.78, 5) is 0. The van der Waals surface area contributed by atoms with Crippen molar-refractivity contribution in [2.45, 2.75) is 51.4 Å². The molecule has 104 valence electrons. The van der Waals surface area contributed by atoms with Crippen LogP contribution in [0.3, 0.4) is 0 Å². The number of hydrogen-bond donors (Lipinski definition) is 0. The van der Waals surface area contributed by atoms with Crippen molar-refractivity contribution >= 4 is 12.6 Å². The van der Waals surface area contributed by atoms with Crippen LogP contribution in [-0.2, 0) is 14.0 Å². The molecule has 1 atom stereocenters. The van der Waals surface area contributed by atoms with Gasteiger partial charge in [-0.1, -0.05) is 0 Å². The molecule has 2 aliphatic heterocycles. The molecule has 2 saturated heterocycles. The first-order chi connectivity index (χ1) is 8.89. The Labute approximate surface area is 114 Å². The van der Waals surface area contributed by atoms with Gasteiger partial charge in [0.25, 0.3) is 0 Å². The lowest BCUT2D eigenvalue weighted by Gasteiger charge is -2.32. The van der Waals surface area contributed by atoms with Gasteiger partial charge in [-0.15, -0.1) is 0 Å². The van der Waals surface area contributed by atoms with Crippen molar-refractivity contribution in [1.82, 2.24) is 9.78 Å². The highest BCUT2D eigenvalue weighted by Gasteiger charge is 2.52. The Balaban J connectivity index is 1.77. The van der Waals surface area contributed by atoms with Crippen LogP contribution in [0.2, 0.25) is 0 Å². The summed E-state index contributed by atoms with van der Waals surface area (Å²) in [6.45, 7) is 9.79. The van der Waals surface area contributed by atoms with E-state index in [0.717, 1.165) is 25.1 Å². The summed E-state index contributed by atoms with van der Waals surface area (Å²) in [6.07, 6.45) is 4.87. The van der Waals surface area contributed by atoms with Crippen LogP contribution in [0, 0.1) is 0 Å². The Morgan fingerprint density at radius 1 is 1.26 bits per heavy atom. The second-order valence-electron chi connectivity index (χ2n) is 6.36. The number of nitrogens with zero attached hydrogens (tertiary/aromatic N) is 2. The van der Waals surface area contributed by atoms with E-state index in [2.05, 4.69) is 32.8 Å². The average Bonchev–Trinajstić information content (AvgIpc) is 3.00. The van der Waals surface area contributed by atoms with Crippen molar-refractivity contribution in [2.75, 3.05) is 13.2 Å². The summed E-state index contributed by atoms with van der Waals surface area (Å²) >= 11 is 0. The highest BCUT2D eigenvalue weighted by Crippen LogP contribution is 2.36. The summed E-state index contributed by atoms with van der Waals surface area (Å²) in [5.74, 6) is 0. The molecule has 2 fully saturated rings. The van der Waals surface area contributed by atoms with E-state index < -0.39 is 0 Å². The lowest BCUT2D eigenvalue weighted by Crippen LogP contribution is -2.41. The zero-order valence-electron chi connectivity index (χ0n) is 12.0. The molecule has 0 radical (unpaired) electrons. The van der Waals surface area contributed by atoms with Gasteiger partial charge in [-0.25, -0.2) is 0 Å². The monoisotopic (exact) mass is 264 g/mol. The van der Waals surface area contributed by atoms with Gasteiger partial charge in [-0.05, 0) is 34.1 Å². The van der Waals surface area contributed by atoms with Crippen LogP contribution in [0.1, 0.15) is 40.2 Å². The molecule has 0 aliphatic carbocycles. The first-order valence-corrected chi connectivity index (χ1v) is 6.86. The molecule has 3 rings (SSSR count). The maximum atomic E-state index is 6.02. The van der Waals surface area contributed by atoms with Crippen molar-refractivity contribution in [3.63, 3.8) is 0 Å². The highest BCUT2D eigenvalue weighted by atomic mass is 16.7. The molecule has 6 heteroatoms. The second-order valence-corrected chi connectivity index (χ2v) is 6.36. The van der Waals surface area contributed by atoms with Crippen LogP contribution in [0.5, 0.6) is 0 Å². The fourth-order valence-corrected chi connectivity index (χ4v) is 2.38. The first kappa shape index (κ1) is 13.2. The third kappa shape index (κ3) is 2.22. The minimum absolute atomic E-state index is 0.309. The van der Waals surface area contributed by atoms with E-state index in [0.29, 0.717) is 6.04 Å². The number of ether oxygens (including phenoxy) is 1. The van der Waals surface area contributed by atoms with Gasteiger partial charge in [0, 0.05) is 24.5 Å². The summed E-state index contributed by atoms with van der Waals surface area (Å²) in [7, 11) is -0.332. The molecular formula is C13H21BN2O3. The fourth-order valence-electron chi connectivity index (χ4n) is 2.38. The van der Waals surface area contributed by atoms with Gasteiger partial charge in [0.1, 0.15) is 0 Å². The van der Waals surface area contributed by atoms with E-state index in [1.54, 1.807) is 0 Å². The molecule has 0 N–H and O–H groups in total. The highest BCUT2D eigenvalue weighted by molar-refractivity contribution is 6.61. The molecule has 0 unspecified atom stereocenters. The second kappa shape index (κ2) is 4.33. The van der Waals surface area contributed by atoms with E-state index in [-0.39, 0.29) is 18.3 Å². The average molecular weight is 264 g/mol. The molecule has 19 heavy (non-hydrogen) atoms. The minimum Gasteiger partial charge on any atom is -0.399 e. The van der Waals surface area contributed by atoms with E-state index >= 15 is 0 Å². The fraction of sp³-hybridized carbons (Fsp3) is 0.769. The molecule has 3 heterocycles. The molecule has 0 spiro atoms. The molecule has 0 bridgehead atoms. The van der Waals surface area contributed by atoms with Gasteiger partial charge in [0.2, 0.25) is 0 Å². The Kier molecular flexibility index (Phi) is 3.00. The molecular weight excluding hydrogens is 243 g/mol. The van der Waals surface area contributed by atoms with Gasteiger partial charge in [0.15, 0.2) is 0 Å². The Hall–Kier alpha value is -0.845. The van der Waals surface area contributed by atoms with Crippen LogP contribution >= 0.6 is 0 Å². The summed E-state index contributed by atoms with van der Waals surface area (Å²) in [5.41, 5.74) is 0.359. The normalized spacial score (nSPS) is 29.1. The number of hydrogen-bond acceptors (Lipinski definition) is 4. The van der Waals surface area contributed by atoms with E-state index in [1.807, 2.05) is 17.1 Å². The van der Waals surface area contributed by atoms with Gasteiger partial charge in [0.05, 0.1) is 23.9 Å². The summed E-state index contributed by atoms with van der Waals surface area (Å²) < 4.78 is 19.4. The van der Waals surface area contributed by atoms with Crippen molar-refractivity contribution in [3.8, 4) is 0 Å². The molecule has 0 amide bonds. The molecule has 0 saturated carbocycles. The lowest BCUT2D eigenvalue weighted by atomic mass is 9.82. The van der Waals surface area contributed by atoms with Crippen LogP contribution in [0.25, 0.3) is 0 Å². The summed E-state index contributed by atoms with van der Waals surface area (Å²) in [6, 6.07) is 0.344. The molecule has 0 aromatic carbocycles. The maximum absolute atomic E-state index is 6.02. The summed E-state index contributed by atoms with van der Waals surface area (Å²) in [5, 5.41) is 4.41. The first-order valence-electron chi connectivity index (χ1n) is 6.86. The maximum Gasteiger partial charge on any atom is 0.498 e. The Morgan fingerprint density at radius 2 is 1.95 bits per heavy atom. The van der Waals surface area contributed by atoms with E-state index in [1.165, 1.54) is 0 Å². The van der Waals surface area contributed by atoms with Gasteiger partial charge in [-0.2, -0.15) is 5.10 Å². The number of aromatic nitrogens is 2. The van der Waals surface area contributed by atoms with Crippen LogP contribution < -0.4 is 5.46 Å². The third-order valence-electron chi connectivity index (χ3n) is 4.43. The van der Waals surface area contributed by atoms with Crippen molar-refractivity contribution in [2.24, 2.45) is 0 Å². The topological polar surface area (TPSA) is 45.5 Å². The van der Waals surface area contributed by atoms with Crippen molar-refractivity contribution in [3.05, 3.63) is 12.4 Å². The number of rotatable bonds is 2. The minimum atomic E-state index is -0.332. The van der Waals surface area contributed by atoms with Crippen molar-refractivity contribution < 1.29 is 14.0 Å². The van der Waals surface area contributed by atoms with Crippen LogP contribution in [0.4, 0.5) is 0 Å². The van der Waals surface area contributed by atoms with Gasteiger partial charge >= 0.3 is 7.12 Å². The molecule has 2 aliphatic rings. The van der Waals surface area contributed by atoms with E-state index in [4.69, 9.17) is 14.0 Å².